The average Bonchev–Trinajstić information content (AvgIpc) is 2.72. The second kappa shape index (κ2) is 5.05. The number of hydrogen-bond donors (Lipinski definition) is 2. The minimum absolute atomic E-state index is 0.139. The van der Waals surface area contributed by atoms with Crippen molar-refractivity contribution in [1.82, 2.24) is 10.1 Å². The zero-order chi connectivity index (χ0) is 13.1. The molecule has 94 valence electrons. The van der Waals surface area contributed by atoms with E-state index in [0.717, 1.165) is 0 Å². The van der Waals surface area contributed by atoms with Crippen molar-refractivity contribution in [3.8, 4) is 0 Å². The molecule has 0 bridgehead atoms. The fourth-order valence-corrected chi connectivity index (χ4v) is 1.61. The lowest BCUT2D eigenvalue weighted by Crippen LogP contribution is -2.07. The normalized spacial score (nSPS) is 10.3. The van der Waals surface area contributed by atoms with E-state index in [0.29, 0.717) is 22.4 Å². The van der Waals surface area contributed by atoms with Gasteiger partial charge in [0.05, 0.1) is 17.8 Å². The number of carboxylic acids is 1. The van der Waals surface area contributed by atoms with Crippen molar-refractivity contribution in [1.29, 1.82) is 0 Å². The summed E-state index contributed by atoms with van der Waals surface area (Å²) in [7, 11) is 0. The Morgan fingerprint density at radius 3 is 2.94 bits per heavy atom. The number of rotatable bonds is 4. The van der Waals surface area contributed by atoms with Crippen LogP contribution < -0.4 is 5.32 Å². The molecule has 18 heavy (non-hydrogen) atoms. The van der Waals surface area contributed by atoms with Crippen LogP contribution >= 0.6 is 11.6 Å². The maximum atomic E-state index is 11.0. The van der Waals surface area contributed by atoms with E-state index >= 15 is 0 Å². The Kier molecular flexibility index (Phi) is 3.47. The van der Waals surface area contributed by atoms with Crippen LogP contribution in [0.15, 0.2) is 22.7 Å². The molecule has 0 saturated heterocycles. The van der Waals surface area contributed by atoms with E-state index in [4.69, 9.17) is 21.2 Å². The number of aromatic carboxylic acids is 1. The summed E-state index contributed by atoms with van der Waals surface area (Å²) in [6.45, 7) is 1.94. The summed E-state index contributed by atoms with van der Waals surface area (Å²) >= 11 is 5.82. The number of aryl methyl sites for hydroxylation is 1. The van der Waals surface area contributed by atoms with Crippen molar-refractivity contribution in [3.63, 3.8) is 0 Å². The average molecular weight is 268 g/mol. The molecule has 0 amide bonds. The van der Waals surface area contributed by atoms with Gasteiger partial charge in [0, 0.05) is 11.9 Å². The van der Waals surface area contributed by atoms with Gasteiger partial charge in [-0.1, -0.05) is 16.8 Å². The predicted molar refractivity (Wildman–Crippen MR) is 64.8 cm³/mol. The molecule has 6 nitrogen and oxygen atoms in total. The van der Waals surface area contributed by atoms with Gasteiger partial charge in [0.15, 0.2) is 5.82 Å². The molecule has 0 fully saturated rings. The molecule has 0 aliphatic rings. The molecular formula is C11H10ClN3O3. The third kappa shape index (κ3) is 2.78. The van der Waals surface area contributed by atoms with Crippen LogP contribution in [0, 0.1) is 6.92 Å². The van der Waals surface area contributed by atoms with Gasteiger partial charge in [0.25, 0.3) is 0 Å². The standard InChI is InChI=1S/C11H10ClN3O3/c1-6-14-10(15-18-6)5-13-9-4-7(12)2-3-8(9)11(16)17/h2-4,13H,5H2,1H3,(H,16,17). The predicted octanol–water partition coefficient (Wildman–Crippen LogP) is 2.34. The van der Waals surface area contributed by atoms with Crippen molar-refractivity contribution >= 4 is 23.3 Å². The highest BCUT2D eigenvalue weighted by Crippen LogP contribution is 2.21. The van der Waals surface area contributed by atoms with Crippen LogP contribution in [0.4, 0.5) is 5.69 Å². The first-order valence-corrected chi connectivity index (χ1v) is 5.50. The number of nitrogens with one attached hydrogen (secondary N) is 1. The summed E-state index contributed by atoms with van der Waals surface area (Å²) in [5.41, 5.74) is 0.553. The van der Waals surface area contributed by atoms with E-state index in [1.54, 1.807) is 6.92 Å². The smallest absolute Gasteiger partial charge is 0.337 e. The van der Waals surface area contributed by atoms with Crippen LogP contribution in [0.2, 0.25) is 5.02 Å². The molecule has 1 heterocycles. The van der Waals surface area contributed by atoms with E-state index in [9.17, 15) is 4.79 Å². The van der Waals surface area contributed by atoms with Crippen LogP contribution in [0.5, 0.6) is 0 Å². The number of benzene rings is 1. The van der Waals surface area contributed by atoms with Gasteiger partial charge in [0.2, 0.25) is 5.89 Å². The highest BCUT2D eigenvalue weighted by molar-refractivity contribution is 6.31. The SMILES string of the molecule is Cc1nc(CNc2cc(Cl)ccc2C(=O)O)no1. The van der Waals surface area contributed by atoms with E-state index in [-0.39, 0.29) is 12.1 Å². The molecule has 1 aromatic heterocycles. The molecule has 7 heteroatoms. The second-order valence-corrected chi connectivity index (χ2v) is 4.01. The summed E-state index contributed by atoms with van der Waals surface area (Å²) in [6.07, 6.45) is 0. The van der Waals surface area contributed by atoms with Gasteiger partial charge in [-0.05, 0) is 18.2 Å². The Morgan fingerprint density at radius 2 is 2.33 bits per heavy atom. The molecule has 0 radical (unpaired) electrons. The maximum absolute atomic E-state index is 11.0. The molecule has 0 aliphatic heterocycles. The number of anilines is 1. The van der Waals surface area contributed by atoms with Crippen molar-refractivity contribution in [2.45, 2.75) is 13.5 Å². The van der Waals surface area contributed by atoms with Crippen molar-refractivity contribution in [2.24, 2.45) is 0 Å². The van der Waals surface area contributed by atoms with Crippen LogP contribution in [-0.4, -0.2) is 21.2 Å². The van der Waals surface area contributed by atoms with Gasteiger partial charge < -0.3 is 14.9 Å². The first-order chi connectivity index (χ1) is 8.56. The molecule has 1 aromatic carbocycles. The Hall–Kier alpha value is -2.08. The van der Waals surface area contributed by atoms with Crippen molar-refractivity contribution in [2.75, 3.05) is 5.32 Å². The lowest BCUT2D eigenvalue weighted by Gasteiger charge is -2.07. The molecule has 2 rings (SSSR count). The zero-order valence-corrected chi connectivity index (χ0v) is 10.2. The van der Waals surface area contributed by atoms with Crippen LogP contribution in [0.3, 0.4) is 0 Å². The fraction of sp³-hybridized carbons (Fsp3) is 0.182. The molecule has 2 aromatic rings. The first kappa shape index (κ1) is 12.4. The van der Waals surface area contributed by atoms with E-state index < -0.39 is 5.97 Å². The molecule has 0 aliphatic carbocycles. The Labute approximate surface area is 108 Å². The Morgan fingerprint density at radius 1 is 1.56 bits per heavy atom. The highest BCUT2D eigenvalue weighted by atomic mass is 35.5. The number of hydrogen-bond acceptors (Lipinski definition) is 5. The number of carboxylic acid groups (broad SMARTS) is 1. The summed E-state index contributed by atoms with van der Waals surface area (Å²) in [5.74, 6) is -0.126. The number of aromatic nitrogens is 2. The van der Waals surface area contributed by atoms with Gasteiger partial charge in [0.1, 0.15) is 0 Å². The maximum Gasteiger partial charge on any atom is 0.337 e. The number of carbonyl (C=O) groups is 1. The van der Waals surface area contributed by atoms with Crippen molar-refractivity contribution in [3.05, 3.63) is 40.5 Å². The van der Waals surface area contributed by atoms with Gasteiger partial charge in [-0.3, -0.25) is 0 Å². The minimum atomic E-state index is -1.03. The lowest BCUT2D eigenvalue weighted by molar-refractivity contribution is 0.0698. The zero-order valence-electron chi connectivity index (χ0n) is 9.48. The van der Waals surface area contributed by atoms with E-state index in [2.05, 4.69) is 15.5 Å². The quantitative estimate of drug-likeness (QED) is 0.884. The summed E-state index contributed by atoms with van der Waals surface area (Å²) in [6, 6.07) is 4.50. The third-order valence-electron chi connectivity index (χ3n) is 2.22. The van der Waals surface area contributed by atoms with Gasteiger partial charge in [-0.15, -0.1) is 0 Å². The van der Waals surface area contributed by atoms with Crippen LogP contribution in [0.1, 0.15) is 22.1 Å². The van der Waals surface area contributed by atoms with Gasteiger partial charge in [-0.2, -0.15) is 4.98 Å². The molecule has 0 saturated carbocycles. The van der Waals surface area contributed by atoms with Crippen molar-refractivity contribution < 1.29 is 14.4 Å². The fourth-order valence-electron chi connectivity index (χ4n) is 1.44. The highest BCUT2D eigenvalue weighted by Gasteiger charge is 2.11. The molecule has 0 spiro atoms. The summed E-state index contributed by atoms with van der Waals surface area (Å²) in [5, 5.41) is 16.1. The Bertz CT molecular complexity index is 583. The van der Waals surface area contributed by atoms with Gasteiger partial charge in [-0.25, -0.2) is 4.79 Å². The number of nitrogens with zero attached hydrogens (tertiary/aromatic N) is 2. The topological polar surface area (TPSA) is 88.2 Å². The van der Waals surface area contributed by atoms with E-state index in [1.165, 1.54) is 18.2 Å². The lowest BCUT2D eigenvalue weighted by atomic mass is 10.2. The van der Waals surface area contributed by atoms with Crippen LogP contribution in [-0.2, 0) is 6.54 Å². The van der Waals surface area contributed by atoms with Crippen LogP contribution in [0.25, 0.3) is 0 Å². The summed E-state index contributed by atoms with van der Waals surface area (Å²) < 4.78 is 4.81. The first-order valence-electron chi connectivity index (χ1n) is 5.12. The molecular weight excluding hydrogens is 258 g/mol. The van der Waals surface area contributed by atoms with E-state index in [1.807, 2.05) is 0 Å². The number of halogens is 1. The molecule has 0 unspecified atom stereocenters. The third-order valence-corrected chi connectivity index (χ3v) is 2.45. The molecule has 0 atom stereocenters. The monoisotopic (exact) mass is 267 g/mol. The second-order valence-electron chi connectivity index (χ2n) is 3.58. The molecule has 2 N–H and O–H groups in total. The van der Waals surface area contributed by atoms with Gasteiger partial charge >= 0.3 is 5.97 Å². The largest absolute Gasteiger partial charge is 0.478 e. The Balaban J connectivity index is 2.17. The minimum Gasteiger partial charge on any atom is -0.478 e. The summed E-state index contributed by atoms with van der Waals surface area (Å²) in [4.78, 5) is 15.0.